The summed E-state index contributed by atoms with van der Waals surface area (Å²) in [5, 5.41) is 12.9. The molecule has 3 aromatic rings. The van der Waals surface area contributed by atoms with Gasteiger partial charge in [0, 0.05) is 41.5 Å². The number of halogens is 1. The highest BCUT2D eigenvalue weighted by Crippen LogP contribution is 2.30. The summed E-state index contributed by atoms with van der Waals surface area (Å²) < 4.78 is 29.8. The molecule has 0 fully saturated rings. The van der Waals surface area contributed by atoms with E-state index in [1.54, 1.807) is 24.4 Å². The van der Waals surface area contributed by atoms with Crippen molar-refractivity contribution >= 4 is 52.6 Å². The smallest absolute Gasteiger partial charge is 0.240 e. The van der Waals surface area contributed by atoms with Gasteiger partial charge in [0.15, 0.2) is 5.13 Å². The van der Waals surface area contributed by atoms with Crippen LogP contribution in [-0.2, 0) is 15.4 Å². The zero-order valence-electron chi connectivity index (χ0n) is 19.0. The second-order valence-electron chi connectivity index (χ2n) is 8.64. The number of nitrogens with one attached hydrogen (secondary N) is 2. The topological polar surface area (TPSA) is 104 Å². The summed E-state index contributed by atoms with van der Waals surface area (Å²) >= 11 is 4.86. The lowest BCUT2D eigenvalue weighted by Gasteiger charge is -2.24. The molecule has 2 heterocycles. The predicted octanol–water partition coefficient (Wildman–Crippen LogP) is 5.06. The Kier molecular flexibility index (Phi) is 9.23. The number of sulfonamides is 1. The molecule has 0 bridgehead atoms. The van der Waals surface area contributed by atoms with Crippen molar-refractivity contribution in [3.8, 4) is 0 Å². The maximum atomic E-state index is 12.7. The fourth-order valence-electron chi connectivity index (χ4n) is 3.37. The third kappa shape index (κ3) is 7.45. The number of aliphatic hydroxyl groups excluding tert-OH is 1. The summed E-state index contributed by atoms with van der Waals surface area (Å²) in [6.07, 6.45) is 6.29. The first kappa shape index (κ1) is 26.0. The van der Waals surface area contributed by atoms with Gasteiger partial charge in [-0.05, 0) is 59.1 Å². The number of unbranched alkanes of at least 4 members (excludes halogenated alkanes) is 4. The molecule has 0 spiro atoms. The standard InChI is InChI=1S/C23H31BrN4O3S2/c1-23(2,21-11-8-17(24)15-25-21)16-26-22-28-19-10-9-18(14-20(19)32-22)33(30,31)27-12-6-4-3-5-7-13-29/h8-11,14-15,27,29H,3-7,12-13,16H2,1-2H3,(H,26,28). The molecule has 0 aliphatic carbocycles. The molecule has 3 rings (SSSR count). The highest BCUT2D eigenvalue weighted by atomic mass is 79.9. The van der Waals surface area contributed by atoms with Gasteiger partial charge in [0.05, 0.1) is 15.1 Å². The van der Waals surface area contributed by atoms with E-state index in [0.29, 0.717) is 13.1 Å². The molecule has 0 saturated carbocycles. The van der Waals surface area contributed by atoms with Crippen molar-refractivity contribution < 1.29 is 13.5 Å². The Bertz CT molecular complexity index is 1150. The van der Waals surface area contributed by atoms with Crippen LogP contribution in [0.1, 0.15) is 51.6 Å². The number of hydrogen-bond donors (Lipinski definition) is 3. The van der Waals surface area contributed by atoms with Crippen LogP contribution in [0.2, 0.25) is 0 Å². The summed E-state index contributed by atoms with van der Waals surface area (Å²) in [4.78, 5) is 9.36. The van der Waals surface area contributed by atoms with E-state index >= 15 is 0 Å². The fourth-order valence-corrected chi connectivity index (χ4v) is 5.68. The van der Waals surface area contributed by atoms with Crippen LogP contribution in [0.5, 0.6) is 0 Å². The maximum absolute atomic E-state index is 12.7. The Morgan fingerprint density at radius 2 is 1.85 bits per heavy atom. The minimum absolute atomic E-state index is 0.199. The van der Waals surface area contributed by atoms with Crippen molar-refractivity contribution in [2.24, 2.45) is 0 Å². The Labute approximate surface area is 208 Å². The highest BCUT2D eigenvalue weighted by molar-refractivity contribution is 9.10. The van der Waals surface area contributed by atoms with Gasteiger partial charge in [-0.15, -0.1) is 0 Å². The molecule has 0 saturated heterocycles. The molecule has 10 heteroatoms. The summed E-state index contributed by atoms with van der Waals surface area (Å²) in [6.45, 7) is 5.50. The number of nitrogens with zero attached hydrogens (tertiary/aromatic N) is 2. The van der Waals surface area contributed by atoms with E-state index in [1.807, 2.05) is 12.1 Å². The van der Waals surface area contributed by atoms with E-state index in [2.05, 4.69) is 49.8 Å². The summed E-state index contributed by atoms with van der Waals surface area (Å²) in [5.41, 5.74) is 1.55. The van der Waals surface area contributed by atoms with Crippen molar-refractivity contribution in [1.29, 1.82) is 0 Å². The third-order valence-corrected chi connectivity index (χ3v) is 8.30. The molecule has 180 valence electrons. The Balaban J connectivity index is 1.59. The summed E-state index contributed by atoms with van der Waals surface area (Å²) in [5.74, 6) is 0. The van der Waals surface area contributed by atoms with E-state index in [4.69, 9.17) is 5.11 Å². The minimum Gasteiger partial charge on any atom is -0.396 e. The molecule has 7 nitrogen and oxygen atoms in total. The number of anilines is 1. The van der Waals surface area contributed by atoms with Crippen LogP contribution in [0.4, 0.5) is 5.13 Å². The van der Waals surface area contributed by atoms with Crippen LogP contribution < -0.4 is 10.0 Å². The minimum atomic E-state index is -3.56. The lowest BCUT2D eigenvalue weighted by atomic mass is 9.89. The Hall–Kier alpha value is -1.59. The second-order valence-corrected chi connectivity index (χ2v) is 12.4. The molecule has 0 atom stereocenters. The molecule has 1 aromatic carbocycles. The first-order chi connectivity index (χ1) is 15.7. The van der Waals surface area contributed by atoms with Crippen LogP contribution in [-0.4, -0.2) is 43.2 Å². The number of benzene rings is 1. The highest BCUT2D eigenvalue weighted by Gasteiger charge is 2.23. The Morgan fingerprint density at radius 3 is 2.58 bits per heavy atom. The lowest BCUT2D eigenvalue weighted by molar-refractivity contribution is 0.282. The van der Waals surface area contributed by atoms with Gasteiger partial charge in [0.1, 0.15) is 0 Å². The number of hydrogen-bond acceptors (Lipinski definition) is 7. The average Bonchev–Trinajstić information content (AvgIpc) is 3.20. The van der Waals surface area contributed by atoms with Gasteiger partial charge in [-0.3, -0.25) is 4.98 Å². The number of thiazole rings is 1. The largest absolute Gasteiger partial charge is 0.396 e. The summed E-state index contributed by atoms with van der Waals surface area (Å²) in [7, 11) is -3.56. The molecule has 0 amide bonds. The molecular weight excluding hydrogens is 524 g/mol. The van der Waals surface area contributed by atoms with Gasteiger partial charge in [-0.2, -0.15) is 0 Å². The van der Waals surface area contributed by atoms with Gasteiger partial charge in [0.2, 0.25) is 10.0 Å². The van der Waals surface area contributed by atoms with Crippen molar-refractivity contribution in [2.45, 2.75) is 56.3 Å². The van der Waals surface area contributed by atoms with Crippen molar-refractivity contribution in [3.05, 3.63) is 46.7 Å². The molecule has 0 radical (unpaired) electrons. The van der Waals surface area contributed by atoms with Crippen molar-refractivity contribution in [3.63, 3.8) is 0 Å². The van der Waals surface area contributed by atoms with Gasteiger partial charge in [0.25, 0.3) is 0 Å². The van der Waals surface area contributed by atoms with E-state index < -0.39 is 10.0 Å². The van der Waals surface area contributed by atoms with E-state index in [1.165, 1.54) is 11.3 Å². The first-order valence-corrected chi connectivity index (χ1v) is 14.2. The molecule has 2 aromatic heterocycles. The van der Waals surface area contributed by atoms with Crippen LogP contribution >= 0.6 is 27.3 Å². The van der Waals surface area contributed by atoms with Crippen LogP contribution in [0.25, 0.3) is 10.2 Å². The lowest BCUT2D eigenvalue weighted by Crippen LogP contribution is -2.28. The Morgan fingerprint density at radius 1 is 1.09 bits per heavy atom. The fraction of sp³-hybridized carbons (Fsp3) is 0.478. The number of rotatable bonds is 13. The number of pyridine rings is 1. The first-order valence-electron chi connectivity index (χ1n) is 11.1. The monoisotopic (exact) mass is 554 g/mol. The third-order valence-electron chi connectivity index (χ3n) is 5.40. The van der Waals surface area contributed by atoms with Gasteiger partial charge >= 0.3 is 0 Å². The van der Waals surface area contributed by atoms with Crippen LogP contribution in [0.3, 0.4) is 0 Å². The SMILES string of the molecule is CC(C)(CNc1nc2ccc(S(=O)(=O)NCCCCCCCO)cc2s1)c1ccc(Br)cn1. The van der Waals surface area contributed by atoms with Crippen LogP contribution in [0.15, 0.2) is 45.9 Å². The predicted molar refractivity (Wildman–Crippen MR) is 138 cm³/mol. The van der Waals surface area contributed by atoms with Crippen LogP contribution in [0, 0.1) is 0 Å². The zero-order chi connectivity index (χ0) is 23.9. The van der Waals surface area contributed by atoms with Gasteiger partial charge in [-0.25, -0.2) is 18.1 Å². The zero-order valence-corrected chi connectivity index (χ0v) is 22.2. The van der Waals surface area contributed by atoms with E-state index in [0.717, 1.165) is 57.6 Å². The van der Waals surface area contributed by atoms with Gasteiger partial charge < -0.3 is 10.4 Å². The van der Waals surface area contributed by atoms with Crippen molar-refractivity contribution in [1.82, 2.24) is 14.7 Å². The molecule has 0 aliphatic heterocycles. The average molecular weight is 556 g/mol. The number of fused-ring (bicyclic) bond motifs is 1. The number of aliphatic hydroxyl groups is 1. The van der Waals surface area contributed by atoms with Gasteiger partial charge in [-0.1, -0.05) is 44.4 Å². The normalized spacial score (nSPS) is 12.4. The molecule has 0 aliphatic rings. The number of aromatic nitrogens is 2. The van der Waals surface area contributed by atoms with E-state index in [-0.39, 0.29) is 16.9 Å². The molecule has 0 unspecified atom stereocenters. The molecule has 3 N–H and O–H groups in total. The van der Waals surface area contributed by atoms with E-state index in [9.17, 15) is 8.42 Å². The molecule has 33 heavy (non-hydrogen) atoms. The maximum Gasteiger partial charge on any atom is 0.240 e. The summed E-state index contributed by atoms with van der Waals surface area (Å²) in [6, 6.07) is 9.02. The second kappa shape index (κ2) is 11.7. The molecular formula is C23H31BrN4O3S2. The van der Waals surface area contributed by atoms with Crippen molar-refractivity contribution in [2.75, 3.05) is 25.0 Å². The quantitative estimate of drug-likeness (QED) is 0.255.